The molecule has 0 amide bonds. The van der Waals surface area contributed by atoms with E-state index in [-0.39, 0.29) is 13.2 Å². The molecule has 0 heterocycles. The van der Waals surface area contributed by atoms with E-state index in [0.29, 0.717) is 0 Å². The molecule has 0 aliphatic carbocycles. The molecule has 2 N–H and O–H groups in total. The maximum absolute atomic E-state index is 11.3. The van der Waals surface area contributed by atoms with Crippen LogP contribution < -0.4 is 5.73 Å². The zero-order valence-corrected chi connectivity index (χ0v) is 8.85. The molecule has 5 nitrogen and oxygen atoms in total. The van der Waals surface area contributed by atoms with Crippen molar-refractivity contribution >= 4 is 15.8 Å². The van der Waals surface area contributed by atoms with Crippen LogP contribution in [0.2, 0.25) is 0 Å². The molecule has 0 saturated heterocycles. The fourth-order valence-corrected chi connectivity index (χ4v) is 1.33. The number of ether oxygens (including phenoxy) is 1. The Hall–Kier alpha value is -0.620. The molecule has 0 aliphatic heterocycles. The Kier molecular flexibility index (Phi) is 3.87. The molecule has 0 radical (unpaired) electrons. The first kappa shape index (κ1) is 12.4. The van der Waals surface area contributed by atoms with Gasteiger partial charge in [-0.15, -0.1) is 0 Å². The van der Waals surface area contributed by atoms with E-state index in [1.54, 1.807) is 6.92 Å². The Bertz CT molecular complexity index is 285. The maximum Gasteiger partial charge on any atom is 0.328 e. The van der Waals surface area contributed by atoms with Crippen LogP contribution >= 0.6 is 0 Å². The van der Waals surface area contributed by atoms with Crippen molar-refractivity contribution < 1.29 is 17.9 Å². The number of nitrogens with two attached hydrogens (primary N) is 1. The zero-order chi connectivity index (χ0) is 10.7. The number of hydrogen-bond donors (Lipinski definition) is 1. The van der Waals surface area contributed by atoms with Crippen LogP contribution in [-0.4, -0.2) is 38.5 Å². The molecule has 0 aromatic rings. The highest BCUT2D eigenvalue weighted by Crippen LogP contribution is 2.16. The SMILES string of the molecule is CCOC(=O)C(C)(CN)S(C)(=O)=O. The fourth-order valence-electron chi connectivity index (χ4n) is 0.670. The van der Waals surface area contributed by atoms with Crippen molar-refractivity contribution in [2.75, 3.05) is 19.4 Å². The van der Waals surface area contributed by atoms with Crippen LogP contribution in [0.25, 0.3) is 0 Å². The minimum absolute atomic E-state index is 0.143. The van der Waals surface area contributed by atoms with Crippen LogP contribution in [0, 0.1) is 0 Å². The predicted molar refractivity (Wildman–Crippen MR) is 48.9 cm³/mol. The highest BCUT2D eigenvalue weighted by molar-refractivity contribution is 7.92. The summed E-state index contributed by atoms with van der Waals surface area (Å²) in [5, 5.41) is 0. The lowest BCUT2D eigenvalue weighted by Gasteiger charge is -2.22. The lowest BCUT2D eigenvalue weighted by atomic mass is 10.2. The number of carbonyl (C=O) groups excluding carboxylic acids is 1. The Morgan fingerprint density at radius 3 is 2.23 bits per heavy atom. The van der Waals surface area contributed by atoms with E-state index >= 15 is 0 Å². The third kappa shape index (κ3) is 2.41. The van der Waals surface area contributed by atoms with Gasteiger partial charge in [0.25, 0.3) is 0 Å². The van der Waals surface area contributed by atoms with Crippen molar-refractivity contribution in [2.45, 2.75) is 18.6 Å². The molecule has 0 fully saturated rings. The van der Waals surface area contributed by atoms with E-state index in [1.807, 2.05) is 0 Å². The minimum atomic E-state index is -3.54. The second-order valence-corrected chi connectivity index (χ2v) is 5.37. The van der Waals surface area contributed by atoms with Crippen LogP contribution in [0.4, 0.5) is 0 Å². The van der Waals surface area contributed by atoms with E-state index in [1.165, 1.54) is 6.92 Å². The molecule has 0 rings (SSSR count). The van der Waals surface area contributed by atoms with E-state index < -0.39 is 20.6 Å². The quantitative estimate of drug-likeness (QED) is 0.619. The molecule has 78 valence electrons. The third-order valence-corrected chi connectivity index (χ3v) is 3.89. The van der Waals surface area contributed by atoms with Gasteiger partial charge in [-0.1, -0.05) is 0 Å². The van der Waals surface area contributed by atoms with Gasteiger partial charge in [-0.3, -0.25) is 4.79 Å². The first-order valence-electron chi connectivity index (χ1n) is 3.86. The zero-order valence-electron chi connectivity index (χ0n) is 8.03. The molecule has 6 heteroatoms. The van der Waals surface area contributed by atoms with Gasteiger partial charge in [0.1, 0.15) is 0 Å². The Labute approximate surface area is 78.2 Å². The predicted octanol–water partition coefficient (Wildman–Crippen LogP) is -0.688. The van der Waals surface area contributed by atoms with Crippen LogP contribution in [0.3, 0.4) is 0 Å². The fraction of sp³-hybridized carbons (Fsp3) is 0.857. The van der Waals surface area contributed by atoms with Crippen LogP contribution in [0.15, 0.2) is 0 Å². The van der Waals surface area contributed by atoms with E-state index in [2.05, 4.69) is 4.74 Å². The summed E-state index contributed by atoms with van der Waals surface area (Å²) in [6.07, 6.45) is 0.969. The second kappa shape index (κ2) is 4.06. The van der Waals surface area contributed by atoms with Crippen LogP contribution in [0.1, 0.15) is 13.8 Å². The Balaban J connectivity index is 4.96. The van der Waals surface area contributed by atoms with Crippen molar-refractivity contribution in [1.82, 2.24) is 0 Å². The van der Waals surface area contributed by atoms with E-state index in [0.717, 1.165) is 6.26 Å². The molecule has 1 atom stereocenters. The molecule has 0 aromatic carbocycles. The van der Waals surface area contributed by atoms with Gasteiger partial charge in [0.15, 0.2) is 14.6 Å². The van der Waals surface area contributed by atoms with Crippen molar-refractivity contribution in [2.24, 2.45) is 5.73 Å². The molecule has 0 bridgehead atoms. The molecule has 0 aromatic heterocycles. The molecule has 1 unspecified atom stereocenters. The maximum atomic E-state index is 11.3. The lowest BCUT2D eigenvalue weighted by molar-refractivity contribution is -0.145. The molecular formula is C7H15NO4S. The number of carbonyl (C=O) groups is 1. The average Bonchev–Trinajstić information content (AvgIpc) is 2.01. The monoisotopic (exact) mass is 209 g/mol. The minimum Gasteiger partial charge on any atom is -0.465 e. The summed E-state index contributed by atoms with van der Waals surface area (Å²) in [6, 6.07) is 0. The average molecular weight is 209 g/mol. The first-order valence-corrected chi connectivity index (χ1v) is 5.75. The molecule has 0 saturated carbocycles. The normalized spacial score (nSPS) is 16.3. The molecule has 0 aliphatic rings. The van der Waals surface area contributed by atoms with Crippen LogP contribution in [0.5, 0.6) is 0 Å². The van der Waals surface area contributed by atoms with Gasteiger partial charge in [-0.2, -0.15) is 0 Å². The van der Waals surface area contributed by atoms with Gasteiger partial charge in [0.2, 0.25) is 0 Å². The standard InChI is InChI=1S/C7H15NO4S/c1-4-12-6(9)7(2,5-8)13(3,10)11/h4-5,8H2,1-3H3. The van der Waals surface area contributed by atoms with Crippen molar-refractivity contribution in [1.29, 1.82) is 0 Å². The van der Waals surface area contributed by atoms with Gasteiger partial charge >= 0.3 is 5.97 Å². The van der Waals surface area contributed by atoms with Crippen molar-refractivity contribution in [3.8, 4) is 0 Å². The second-order valence-electron chi connectivity index (χ2n) is 2.93. The molecule has 0 spiro atoms. The summed E-state index contributed by atoms with van der Waals surface area (Å²) < 4.78 is 25.4. The largest absolute Gasteiger partial charge is 0.465 e. The van der Waals surface area contributed by atoms with Gasteiger partial charge < -0.3 is 10.5 Å². The number of rotatable bonds is 4. The highest BCUT2D eigenvalue weighted by Gasteiger charge is 2.43. The summed E-state index contributed by atoms with van der Waals surface area (Å²) in [5.41, 5.74) is 5.24. The lowest BCUT2D eigenvalue weighted by Crippen LogP contribution is -2.50. The van der Waals surface area contributed by atoms with E-state index in [9.17, 15) is 13.2 Å². The summed E-state index contributed by atoms with van der Waals surface area (Å²) in [7, 11) is -3.54. The van der Waals surface area contributed by atoms with Crippen LogP contribution in [-0.2, 0) is 19.4 Å². The van der Waals surface area contributed by atoms with Gasteiger partial charge in [0, 0.05) is 12.8 Å². The van der Waals surface area contributed by atoms with Crippen molar-refractivity contribution in [3.05, 3.63) is 0 Å². The van der Waals surface area contributed by atoms with Gasteiger partial charge in [-0.25, -0.2) is 8.42 Å². The Morgan fingerprint density at radius 1 is 1.54 bits per heavy atom. The summed E-state index contributed by atoms with van der Waals surface area (Å²) >= 11 is 0. The molecule has 13 heavy (non-hydrogen) atoms. The summed E-state index contributed by atoms with van der Waals surface area (Å²) in [6.45, 7) is 2.74. The smallest absolute Gasteiger partial charge is 0.328 e. The summed E-state index contributed by atoms with van der Waals surface area (Å²) in [4.78, 5) is 11.3. The topological polar surface area (TPSA) is 86.5 Å². The highest BCUT2D eigenvalue weighted by atomic mass is 32.2. The molecular weight excluding hydrogens is 194 g/mol. The number of esters is 1. The third-order valence-electron chi connectivity index (χ3n) is 1.92. The van der Waals surface area contributed by atoms with Gasteiger partial charge in [-0.05, 0) is 13.8 Å². The number of sulfone groups is 1. The number of hydrogen-bond acceptors (Lipinski definition) is 5. The summed E-state index contributed by atoms with van der Waals surface area (Å²) in [5.74, 6) is -0.792. The Morgan fingerprint density at radius 2 is 2.00 bits per heavy atom. The van der Waals surface area contributed by atoms with E-state index in [4.69, 9.17) is 5.73 Å². The first-order chi connectivity index (χ1) is 5.79. The van der Waals surface area contributed by atoms with Crippen molar-refractivity contribution in [3.63, 3.8) is 0 Å². The van der Waals surface area contributed by atoms with Gasteiger partial charge in [0.05, 0.1) is 6.61 Å².